The molecule has 21 heavy (non-hydrogen) atoms. The van der Waals surface area contributed by atoms with Crippen molar-refractivity contribution in [2.75, 3.05) is 25.6 Å². The first-order valence-corrected chi connectivity index (χ1v) is 6.94. The predicted molar refractivity (Wildman–Crippen MR) is 83.7 cm³/mol. The van der Waals surface area contributed by atoms with Crippen molar-refractivity contribution < 1.29 is 9.53 Å². The van der Waals surface area contributed by atoms with Gasteiger partial charge in [0.15, 0.2) is 5.69 Å². The molecule has 1 heterocycles. The lowest BCUT2D eigenvalue weighted by molar-refractivity contribution is 0.0518. The smallest absolute Gasteiger partial charge is 0.359 e. The fourth-order valence-corrected chi connectivity index (χ4v) is 2.34. The molecule has 0 bridgehead atoms. The fraction of sp³-hybridized carbons (Fsp3) is 0.375. The Bertz CT molecular complexity index is 642. The molecule has 0 aliphatic heterocycles. The Hall–Kier alpha value is -2.30. The van der Waals surface area contributed by atoms with E-state index in [0.29, 0.717) is 12.3 Å². The molecule has 0 aliphatic rings. The Morgan fingerprint density at radius 1 is 1.29 bits per heavy atom. The number of esters is 1. The van der Waals surface area contributed by atoms with E-state index in [1.54, 1.807) is 11.6 Å². The van der Waals surface area contributed by atoms with Crippen LogP contribution in [0.15, 0.2) is 24.3 Å². The van der Waals surface area contributed by atoms with Gasteiger partial charge in [0, 0.05) is 38.0 Å². The largest absolute Gasteiger partial charge is 0.461 e. The van der Waals surface area contributed by atoms with E-state index >= 15 is 0 Å². The molecule has 1 aromatic heterocycles. The van der Waals surface area contributed by atoms with Crippen LogP contribution in [0.25, 0.3) is 11.3 Å². The third-order valence-electron chi connectivity index (χ3n) is 3.41. The van der Waals surface area contributed by atoms with E-state index in [1.807, 2.05) is 57.2 Å². The zero-order chi connectivity index (χ0) is 15.6. The summed E-state index contributed by atoms with van der Waals surface area (Å²) in [5.74, 6) is -0.373. The highest BCUT2D eigenvalue weighted by Crippen LogP contribution is 2.27. The van der Waals surface area contributed by atoms with Gasteiger partial charge in [-0.25, -0.2) is 4.79 Å². The minimum absolute atomic E-state index is 0.349. The first kappa shape index (κ1) is 15.1. The lowest BCUT2D eigenvalue weighted by Crippen LogP contribution is -2.08. The topological polar surface area (TPSA) is 47.4 Å². The normalized spacial score (nSPS) is 10.5. The second kappa shape index (κ2) is 5.99. The van der Waals surface area contributed by atoms with E-state index in [0.717, 1.165) is 22.5 Å². The molecule has 0 unspecified atom stereocenters. The number of ether oxygens (including phenoxy) is 1. The molecule has 0 aliphatic carbocycles. The van der Waals surface area contributed by atoms with Crippen LogP contribution in [0.2, 0.25) is 0 Å². The van der Waals surface area contributed by atoms with Gasteiger partial charge in [-0.2, -0.15) is 5.10 Å². The van der Waals surface area contributed by atoms with Crippen molar-refractivity contribution in [2.45, 2.75) is 13.8 Å². The van der Waals surface area contributed by atoms with Gasteiger partial charge >= 0.3 is 5.97 Å². The Morgan fingerprint density at radius 2 is 1.90 bits per heavy atom. The standard InChI is InChI=1S/C16H21N3O2/c1-6-21-16(20)14-11(2)15(19(5)17-14)12-7-9-13(10-8-12)18(3)4/h7-10H,6H2,1-5H3. The summed E-state index contributed by atoms with van der Waals surface area (Å²) in [5.41, 5.74) is 4.32. The van der Waals surface area contributed by atoms with Crippen molar-refractivity contribution in [3.8, 4) is 11.3 Å². The van der Waals surface area contributed by atoms with E-state index in [-0.39, 0.29) is 5.97 Å². The first-order valence-electron chi connectivity index (χ1n) is 6.94. The molecular formula is C16H21N3O2. The molecule has 0 saturated heterocycles. The zero-order valence-electron chi connectivity index (χ0n) is 13.2. The van der Waals surface area contributed by atoms with Gasteiger partial charge in [0.25, 0.3) is 0 Å². The number of benzene rings is 1. The van der Waals surface area contributed by atoms with Crippen molar-refractivity contribution in [3.05, 3.63) is 35.5 Å². The van der Waals surface area contributed by atoms with Crippen LogP contribution >= 0.6 is 0 Å². The fourth-order valence-electron chi connectivity index (χ4n) is 2.34. The lowest BCUT2D eigenvalue weighted by Gasteiger charge is -2.13. The van der Waals surface area contributed by atoms with Crippen LogP contribution < -0.4 is 4.90 Å². The molecule has 0 saturated carbocycles. The summed E-state index contributed by atoms with van der Waals surface area (Å²) in [5, 5.41) is 4.29. The van der Waals surface area contributed by atoms with Gasteiger partial charge in [-0.3, -0.25) is 4.68 Å². The molecule has 2 aromatic rings. The number of hydrogen-bond donors (Lipinski definition) is 0. The quantitative estimate of drug-likeness (QED) is 0.811. The highest BCUT2D eigenvalue weighted by molar-refractivity contribution is 5.91. The Kier molecular flexibility index (Phi) is 4.31. The summed E-state index contributed by atoms with van der Waals surface area (Å²) in [6, 6.07) is 8.17. The predicted octanol–water partition coefficient (Wildman–Crippen LogP) is 2.64. The number of anilines is 1. The molecule has 0 radical (unpaired) electrons. The van der Waals surface area contributed by atoms with E-state index in [9.17, 15) is 4.79 Å². The van der Waals surface area contributed by atoms with Gasteiger partial charge in [-0.15, -0.1) is 0 Å². The van der Waals surface area contributed by atoms with Crippen LogP contribution in [0.3, 0.4) is 0 Å². The van der Waals surface area contributed by atoms with Crippen LogP contribution in [-0.4, -0.2) is 36.5 Å². The van der Waals surface area contributed by atoms with E-state index in [1.165, 1.54) is 0 Å². The van der Waals surface area contributed by atoms with Crippen LogP contribution in [0, 0.1) is 6.92 Å². The van der Waals surface area contributed by atoms with Crippen molar-refractivity contribution in [1.29, 1.82) is 0 Å². The van der Waals surface area contributed by atoms with Crippen molar-refractivity contribution in [3.63, 3.8) is 0 Å². The van der Waals surface area contributed by atoms with Gasteiger partial charge in [-0.05, 0) is 26.0 Å². The molecule has 5 nitrogen and oxygen atoms in total. The molecule has 1 aromatic carbocycles. The van der Waals surface area contributed by atoms with Crippen molar-refractivity contribution in [2.24, 2.45) is 7.05 Å². The molecule has 2 rings (SSSR count). The summed E-state index contributed by atoms with van der Waals surface area (Å²) in [4.78, 5) is 13.9. The monoisotopic (exact) mass is 287 g/mol. The van der Waals surface area contributed by atoms with Gasteiger partial charge in [0.05, 0.1) is 12.3 Å². The summed E-state index contributed by atoms with van der Waals surface area (Å²) < 4.78 is 6.77. The Morgan fingerprint density at radius 3 is 2.43 bits per heavy atom. The van der Waals surface area contributed by atoms with Crippen LogP contribution in [0.4, 0.5) is 5.69 Å². The van der Waals surface area contributed by atoms with E-state index < -0.39 is 0 Å². The zero-order valence-corrected chi connectivity index (χ0v) is 13.2. The van der Waals surface area contributed by atoms with Crippen molar-refractivity contribution >= 4 is 11.7 Å². The lowest BCUT2D eigenvalue weighted by atomic mass is 10.1. The molecule has 112 valence electrons. The van der Waals surface area contributed by atoms with E-state index in [4.69, 9.17) is 4.74 Å². The number of aromatic nitrogens is 2. The molecular weight excluding hydrogens is 266 g/mol. The number of carbonyl (C=O) groups excluding carboxylic acids is 1. The second-order valence-corrected chi connectivity index (χ2v) is 5.11. The second-order valence-electron chi connectivity index (χ2n) is 5.11. The minimum atomic E-state index is -0.373. The first-order chi connectivity index (χ1) is 9.95. The molecule has 5 heteroatoms. The minimum Gasteiger partial charge on any atom is -0.461 e. The summed E-state index contributed by atoms with van der Waals surface area (Å²) in [6.45, 7) is 4.03. The number of aryl methyl sites for hydroxylation is 1. The van der Waals surface area contributed by atoms with Crippen molar-refractivity contribution in [1.82, 2.24) is 9.78 Å². The SMILES string of the molecule is CCOC(=O)c1nn(C)c(-c2ccc(N(C)C)cc2)c1C. The third kappa shape index (κ3) is 2.91. The molecule has 0 fully saturated rings. The van der Waals surface area contributed by atoms with Crippen LogP contribution in [-0.2, 0) is 11.8 Å². The van der Waals surface area contributed by atoms with Gasteiger partial charge in [0.1, 0.15) is 0 Å². The van der Waals surface area contributed by atoms with Gasteiger partial charge in [0.2, 0.25) is 0 Å². The molecule has 0 amide bonds. The summed E-state index contributed by atoms with van der Waals surface area (Å²) in [7, 11) is 5.84. The van der Waals surface area contributed by atoms with Gasteiger partial charge < -0.3 is 9.64 Å². The molecule has 0 atom stereocenters. The number of nitrogens with zero attached hydrogens (tertiary/aromatic N) is 3. The van der Waals surface area contributed by atoms with Crippen LogP contribution in [0.5, 0.6) is 0 Å². The highest BCUT2D eigenvalue weighted by Gasteiger charge is 2.20. The van der Waals surface area contributed by atoms with Gasteiger partial charge in [-0.1, -0.05) is 12.1 Å². The number of rotatable bonds is 4. The summed E-state index contributed by atoms with van der Waals surface area (Å²) in [6.07, 6.45) is 0. The maximum Gasteiger partial charge on any atom is 0.359 e. The maximum absolute atomic E-state index is 11.9. The number of hydrogen-bond acceptors (Lipinski definition) is 4. The third-order valence-corrected chi connectivity index (χ3v) is 3.41. The molecule has 0 spiro atoms. The highest BCUT2D eigenvalue weighted by atomic mass is 16.5. The Labute approximate surface area is 125 Å². The average molecular weight is 287 g/mol. The molecule has 0 N–H and O–H groups in total. The summed E-state index contributed by atoms with van der Waals surface area (Å²) >= 11 is 0. The van der Waals surface area contributed by atoms with Crippen LogP contribution in [0.1, 0.15) is 23.0 Å². The Balaban J connectivity index is 2.42. The average Bonchev–Trinajstić information content (AvgIpc) is 2.74. The maximum atomic E-state index is 11.9. The van der Waals surface area contributed by atoms with E-state index in [2.05, 4.69) is 5.10 Å². The number of carbonyl (C=O) groups is 1.